The molecule has 4 aromatic rings. The van der Waals surface area contributed by atoms with Crippen molar-refractivity contribution in [2.75, 3.05) is 18.4 Å². The monoisotopic (exact) mass is 410 g/mol. The van der Waals surface area contributed by atoms with Crippen molar-refractivity contribution < 1.29 is 4.79 Å². The summed E-state index contributed by atoms with van der Waals surface area (Å²) in [5.74, 6) is -0.102. The number of piperidine rings is 1. The molecule has 0 saturated carbocycles. The lowest BCUT2D eigenvalue weighted by Crippen LogP contribution is -2.29. The molecule has 2 heterocycles. The lowest BCUT2D eigenvalue weighted by molar-refractivity contribution is 0.102. The minimum atomic E-state index is -0.102. The van der Waals surface area contributed by atoms with Gasteiger partial charge in [0.1, 0.15) is 0 Å². The van der Waals surface area contributed by atoms with Crippen molar-refractivity contribution in [2.24, 2.45) is 0 Å². The average molecular weight is 411 g/mol. The number of hydrogen-bond donors (Lipinski definition) is 2. The van der Waals surface area contributed by atoms with E-state index in [0.29, 0.717) is 5.56 Å². The van der Waals surface area contributed by atoms with Crippen LogP contribution in [0.25, 0.3) is 22.2 Å². The quantitative estimate of drug-likeness (QED) is 0.459. The van der Waals surface area contributed by atoms with Crippen LogP contribution in [0.4, 0.5) is 5.69 Å². The number of hydrogen-bond acceptors (Lipinski definition) is 3. The first-order valence-corrected chi connectivity index (χ1v) is 10.9. The molecule has 5 heteroatoms. The first kappa shape index (κ1) is 19.5. The molecule has 1 aliphatic rings. The van der Waals surface area contributed by atoms with Crippen LogP contribution < -0.4 is 5.32 Å². The number of imidazole rings is 1. The number of likely N-dealkylation sites (tertiary alicyclic amines) is 1. The third kappa shape index (κ3) is 4.37. The summed E-state index contributed by atoms with van der Waals surface area (Å²) in [6.45, 7) is 3.10. The number of aromatic nitrogens is 2. The molecule has 0 unspecified atom stereocenters. The first-order chi connectivity index (χ1) is 15.3. The molecule has 0 aliphatic carbocycles. The minimum Gasteiger partial charge on any atom is -0.345 e. The van der Waals surface area contributed by atoms with E-state index in [1.54, 1.807) is 6.33 Å². The van der Waals surface area contributed by atoms with Crippen LogP contribution in [0, 0.1) is 0 Å². The van der Waals surface area contributed by atoms with Crippen LogP contribution >= 0.6 is 0 Å². The predicted molar refractivity (Wildman–Crippen MR) is 125 cm³/mol. The summed E-state index contributed by atoms with van der Waals surface area (Å²) in [4.78, 5) is 22.9. The molecule has 3 aromatic carbocycles. The van der Waals surface area contributed by atoms with Gasteiger partial charge in [0.2, 0.25) is 0 Å². The van der Waals surface area contributed by atoms with Crippen molar-refractivity contribution in [3.05, 3.63) is 84.2 Å². The van der Waals surface area contributed by atoms with Gasteiger partial charge in [-0.3, -0.25) is 9.69 Å². The molecule has 5 nitrogen and oxygen atoms in total. The van der Waals surface area contributed by atoms with E-state index in [9.17, 15) is 4.79 Å². The van der Waals surface area contributed by atoms with Crippen LogP contribution in [0.1, 0.15) is 35.2 Å². The summed E-state index contributed by atoms with van der Waals surface area (Å²) in [6.07, 6.45) is 5.46. The van der Waals surface area contributed by atoms with Gasteiger partial charge in [0.05, 0.1) is 17.4 Å². The van der Waals surface area contributed by atoms with Crippen LogP contribution in [0.2, 0.25) is 0 Å². The molecule has 0 radical (unpaired) electrons. The van der Waals surface area contributed by atoms with Gasteiger partial charge in [0, 0.05) is 17.8 Å². The summed E-state index contributed by atoms with van der Waals surface area (Å²) in [6, 6.07) is 22.2. The zero-order valence-corrected chi connectivity index (χ0v) is 17.5. The summed E-state index contributed by atoms with van der Waals surface area (Å²) < 4.78 is 0. The van der Waals surface area contributed by atoms with Crippen molar-refractivity contribution >= 4 is 22.6 Å². The summed E-state index contributed by atoms with van der Waals surface area (Å²) >= 11 is 0. The Labute approximate surface area is 182 Å². The highest BCUT2D eigenvalue weighted by Gasteiger charge is 2.16. The minimum absolute atomic E-state index is 0.102. The Kier molecular flexibility index (Phi) is 5.50. The van der Waals surface area contributed by atoms with Gasteiger partial charge in [0.25, 0.3) is 5.91 Å². The smallest absolute Gasteiger partial charge is 0.255 e. The number of carbonyl (C=O) groups excluding carboxylic acids is 1. The summed E-state index contributed by atoms with van der Waals surface area (Å²) in [7, 11) is 0. The molecule has 1 aliphatic heterocycles. The van der Waals surface area contributed by atoms with E-state index in [1.165, 1.54) is 36.0 Å². The number of benzene rings is 3. The lowest BCUT2D eigenvalue weighted by Gasteiger charge is -2.27. The molecule has 1 fully saturated rings. The average Bonchev–Trinajstić information content (AvgIpc) is 3.28. The van der Waals surface area contributed by atoms with Gasteiger partial charge in [0.15, 0.2) is 0 Å². The normalized spacial score (nSPS) is 14.6. The van der Waals surface area contributed by atoms with Crippen LogP contribution in [0.15, 0.2) is 73.1 Å². The molecule has 1 amide bonds. The number of nitrogens with zero attached hydrogens (tertiary/aromatic N) is 2. The maximum Gasteiger partial charge on any atom is 0.255 e. The SMILES string of the molecule is O=C(Nc1ccc2[nH]cnc2c1)c1ccc(-c2ccccc2)c(CN2CCCCC2)c1. The van der Waals surface area contributed by atoms with E-state index in [2.05, 4.69) is 56.6 Å². The van der Waals surface area contributed by atoms with E-state index in [1.807, 2.05) is 30.3 Å². The number of anilines is 1. The van der Waals surface area contributed by atoms with E-state index in [0.717, 1.165) is 36.4 Å². The Morgan fingerprint density at radius 1 is 0.968 bits per heavy atom. The van der Waals surface area contributed by atoms with E-state index < -0.39 is 0 Å². The number of aromatic amines is 1. The number of fused-ring (bicyclic) bond motifs is 1. The second-order valence-electron chi connectivity index (χ2n) is 8.16. The van der Waals surface area contributed by atoms with Crippen LogP contribution in [-0.4, -0.2) is 33.9 Å². The standard InChI is InChI=1S/C26H26N4O/c31-26(29-22-10-12-24-25(16-22)28-18-27-24)20-9-11-23(19-7-3-1-4-8-19)21(15-20)17-30-13-5-2-6-14-30/h1,3-4,7-12,15-16,18H,2,5-6,13-14,17H2,(H,27,28)(H,29,31). The van der Waals surface area contributed by atoms with Crippen molar-refractivity contribution in [1.82, 2.24) is 14.9 Å². The number of amides is 1. The largest absolute Gasteiger partial charge is 0.345 e. The van der Waals surface area contributed by atoms with Crippen LogP contribution in [-0.2, 0) is 6.54 Å². The Morgan fingerprint density at radius 2 is 1.81 bits per heavy atom. The van der Waals surface area contributed by atoms with Gasteiger partial charge in [-0.05, 0) is 73.0 Å². The van der Waals surface area contributed by atoms with Gasteiger partial charge in [-0.25, -0.2) is 4.98 Å². The Hall–Kier alpha value is -3.44. The summed E-state index contributed by atoms with van der Waals surface area (Å²) in [5.41, 5.74) is 6.79. The number of nitrogens with one attached hydrogen (secondary N) is 2. The molecule has 5 rings (SSSR count). The molecule has 1 saturated heterocycles. The third-order valence-electron chi connectivity index (χ3n) is 5.97. The molecule has 0 atom stereocenters. The Balaban J connectivity index is 1.43. The Bertz CT molecular complexity index is 1190. The molecular weight excluding hydrogens is 384 g/mol. The number of rotatable bonds is 5. The Morgan fingerprint density at radius 3 is 2.65 bits per heavy atom. The fraction of sp³-hybridized carbons (Fsp3) is 0.231. The first-order valence-electron chi connectivity index (χ1n) is 10.9. The fourth-order valence-electron chi connectivity index (χ4n) is 4.34. The second-order valence-corrected chi connectivity index (χ2v) is 8.16. The van der Waals surface area contributed by atoms with Gasteiger partial charge in [-0.2, -0.15) is 0 Å². The van der Waals surface area contributed by atoms with Gasteiger partial charge in [-0.15, -0.1) is 0 Å². The van der Waals surface area contributed by atoms with Crippen LogP contribution in [0.3, 0.4) is 0 Å². The molecular formula is C26H26N4O. The van der Waals surface area contributed by atoms with E-state index in [4.69, 9.17) is 0 Å². The van der Waals surface area contributed by atoms with Crippen LogP contribution in [0.5, 0.6) is 0 Å². The topological polar surface area (TPSA) is 61.0 Å². The molecule has 156 valence electrons. The van der Waals surface area contributed by atoms with Crippen molar-refractivity contribution in [1.29, 1.82) is 0 Å². The summed E-state index contributed by atoms with van der Waals surface area (Å²) in [5, 5.41) is 3.02. The molecule has 1 aromatic heterocycles. The molecule has 31 heavy (non-hydrogen) atoms. The van der Waals surface area contributed by atoms with Gasteiger partial charge in [-0.1, -0.05) is 42.8 Å². The highest BCUT2D eigenvalue weighted by atomic mass is 16.1. The highest BCUT2D eigenvalue weighted by Crippen LogP contribution is 2.27. The van der Waals surface area contributed by atoms with Gasteiger partial charge >= 0.3 is 0 Å². The second kappa shape index (κ2) is 8.74. The third-order valence-corrected chi connectivity index (χ3v) is 5.97. The number of H-pyrrole nitrogens is 1. The van der Waals surface area contributed by atoms with Crippen molar-refractivity contribution in [3.8, 4) is 11.1 Å². The number of carbonyl (C=O) groups is 1. The zero-order chi connectivity index (χ0) is 21.0. The molecule has 0 spiro atoms. The molecule has 0 bridgehead atoms. The maximum absolute atomic E-state index is 13.0. The molecule has 2 N–H and O–H groups in total. The maximum atomic E-state index is 13.0. The predicted octanol–water partition coefficient (Wildman–Crippen LogP) is 5.47. The van der Waals surface area contributed by atoms with E-state index in [-0.39, 0.29) is 5.91 Å². The highest BCUT2D eigenvalue weighted by molar-refractivity contribution is 6.05. The van der Waals surface area contributed by atoms with Gasteiger partial charge < -0.3 is 10.3 Å². The van der Waals surface area contributed by atoms with Crippen molar-refractivity contribution in [2.45, 2.75) is 25.8 Å². The van der Waals surface area contributed by atoms with E-state index >= 15 is 0 Å². The fourth-order valence-corrected chi connectivity index (χ4v) is 4.34. The van der Waals surface area contributed by atoms with Crippen molar-refractivity contribution in [3.63, 3.8) is 0 Å². The zero-order valence-electron chi connectivity index (χ0n) is 17.5. The lowest BCUT2D eigenvalue weighted by atomic mass is 9.96.